The van der Waals surface area contributed by atoms with Crippen LogP contribution in [-0.2, 0) is 11.2 Å². The number of furan rings is 1. The van der Waals surface area contributed by atoms with E-state index in [1.54, 1.807) is 24.3 Å². The van der Waals surface area contributed by atoms with Crippen LogP contribution in [0.4, 0.5) is 20.2 Å². The SMILES string of the molecule is O=C(Cc1ccc(F)cc1)Nc1c(C(=O)Nc2cccc(F)c2)oc2ccccc12. The summed E-state index contributed by atoms with van der Waals surface area (Å²) in [5.74, 6) is -2.02. The molecule has 2 amide bonds. The van der Waals surface area contributed by atoms with Gasteiger partial charge in [-0.25, -0.2) is 8.78 Å². The van der Waals surface area contributed by atoms with Gasteiger partial charge >= 0.3 is 0 Å². The quantitative estimate of drug-likeness (QED) is 0.482. The summed E-state index contributed by atoms with van der Waals surface area (Å²) >= 11 is 0. The molecule has 4 rings (SSSR count). The highest BCUT2D eigenvalue weighted by atomic mass is 19.1. The fraction of sp³-hybridized carbons (Fsp3) is 0.0435. The van der Waals surface area contributed by atoms with Crippen molar-refractivity contribution in [3.05, 3.63) is 95.8 Å². The summed E-state index contributed by atoms with van der Waals surface area (Å²) in [4.78, 5) is 25.3. The molecule has 0 saturated heterocycles. The molecule has 0 spiro atoms. The van der Waals surface area contributed by atoms with Crippen LogP contribution in [-0.4, -0.2) is 11.8 Å². The van der Waals surface area contributed by atoms with Gasteiger partial charge in [-0.15, -0.1) is 0 Å². The minimum atomic E-state index is -0.631. The molecule has 0 unspecified atom stereocenters. The predicted octanol–water partition coefficient (Wildman–Crippen LogP) is 5.14. The molecule has 0 bridgehead atoms. The van der Waals surface area contributed by atoms with E-state index < -0.39 is 23.4 Å². The van der Waals surface area contributed by atoms with Gasteiger partial charge in [-0.05, 0) is 48.0 Å². The first-order chi connectivity index (χ1) is 14.5. The molecule has 30 heavy (non-hydrogen) atoms. The van der Waals surface area contributed by atoms with Gasteiger partial charge in [0.05, 0.1) is 6.42 Å². The minimum absolute atomic E-state index is 0.00918. The van der Waals surface area contributed by atoms with E-state index in [1.165, 1.54) is 48.5 Å². The average molecular weight is 406 g/mol. The summed E-state index contributed by atoms with van der Waals surface area (Å²) < 4.78 is 32.1. The zero-order chi connectivity index (χ0) is 21.1. The summed E-state index contributed by atoms with van der Waals surface area (Å²) in [5.41, 5.74) is 1.50. The van der Waals surface area contributed by atoms with Gasteiger partial charge in [0.25, 0.3) is 5.91 Å². The third-order valence-electron chi connectivity index (χ3n) is 4.43. The highest BCUT2D eigenvalue weighted by molar-refractivity contribution is 6.14. The molecule has 0 saturated carbocycles. The maximum atomic E-state index is 13.4. The standard InChI is InChI=1S/C23H16F2N2O3/c24-15-10-8-14(9-11-15)12-20(28)27-21-18-6-1-2-7-19(18)30-22(21)23(29)26-17-5-3-4-16(25)13-17/h1-11,13H,12H2,(H,26,29)(H,27,28). The van der Waals surface area contributed by atoms with Gasteiger partial charge in [0.1, 0.15) is 22.9 Å². The number of halogens is 2. The van der Waals surface area contributed by atoms with E-state index in [0.717, 1.165) is 0 Å². The predicted molar refractivity (Wildman–Crippen MR) is 109 cm³/mol. The fourth-order valence-corrected chi connectivity index (χ4v) is 3.05. The highest BCUT2D eigenvalue weighted by Gasteiger charge is 2.22. The Balaban J connectivity index is 1.62. The van der Waals surface area contributed by atoms with E-state index >= 15 is 0 Å². The van der Waals surface area contributed by atoms with E-state index in [4.69, 9.17) is 4.42 Å². The molecule has 5 nitrogen and oxygen atoms in total. The number of nitrogens with one attached hydrogen (secondary N) is 2. The van der Waals surface area contributed by atoms with Crippen molar-refractivity contribution in [2.45, 2.75) is 6.42 Å². The molecule has 0 fully saturated rings. The van der Waals surface area contributed by atoms with E-state index in [-0.39, 0.29) is 23.6 Å². The van der Waals surface area contributed by atoms with Crippen molar-refractivity contribution >= 4 is 34.2 Å². The van der Waals surface area contributed by atoms with Crippen LogP contribution in [0.5, 0.6) is 0 Å². The van der Waals surface area contributed by atoms with E-state index in [9.17, 15) is 18.4 Å². The maximum absolute atomic E-state index is 13.4. The molecule has 3 aromatic carbocycles. The van der Waals surface area contributed by atoms with E-state index in [0.29, 0.717) is 16.5 Å². The number of fused-ring (bicyclic) bond motifs is 1. The van der Waals surface area contributed by atoms with Crippen LogP contribution in [0.2, 0.25) is 0 Å². The molecule has 1 heterocycles. The smallest absolute Gasteiger partial charge is 0.293 e. The number of para-hydroxylation sites is 1. The van der Waals surface area contributed by atoms with Gasteiger partial charge in [-0.3, -0.25) is 9.59 Å². The first-order valence-electron chi connectivity index (χ1n) is 9.12. The number of carbonyl (C=O) groups excluding carboxylic acids is 2. The molecule has 2 N–H and O–H groups in total. The van der Waals surface area contributed by atoms with Crippen LogP contribution < -0.4 is 10.6 Å². The monoisotopic (exact) mass is 406 g/mol. The topological polar surface area (TPSA) is 71.3 Å². The van der Waals surface area contributed by atoms with Crippen LogP contribution >= 0.6 is 0 Å². The van der Waals surface area contributed by atoms with E-state index in [1.807, 2.05) is 0 Å². The molecule has 0 aliphatic carbocycles. The van der Waals surface area contributed by atoms with Crippen molar-refractivity contribution in [1.82, 2.24) is 0 Å². The Bertz CT molecular complexity index is 1230. The van der Waals surface area contributed by atoms with Gasteiger partial charge in [-0.2, -0.15) is 0 Å². The maximum Gasteiger partial charge on any atom is 0.293 e. The number of anilines is 2. The average Bonchev–Trinajstić information content (AvgIpc) is 3.08. The molecule has 4 aromatic rings. The largest absolute Gasteiger partial charge is 0.449 e. The minimum Gasteiger partial charge on any atom is -0.449 e. The van der Waals surface area contributed by atoms with Crippen molar-refractivity contribution < 1.29 is 22.8 Å². The Morgan fingerprint density at radius 2 is 1.60 bits per heavy atom. The van der Waals surface area contributed by atoms with Gasteiger partial charge in [-0.1, -0.05) is 30.3 Å². The number of amides is 2. The summed E-state index contributed by atoms with van der Waals surface area (Å²) in [5, 5.41) is 5.83. The van der Waals surface area contributed by atoms with Gasteiger partial charge in [0, 0.05) is 11.1 Å². The lowest BCUT2D eigenvalue weighted by molar-refractivity contribution is -0.115. The molecule has 0 radical (unpaired) electrons. The van der Waals surface area contributed by atoms with Gasteiger partial charge in [0.2, 0.25) is 11.7 Å². The number of carbonyl (C=O) groups is 2. The molecule has 7 heteroatoms. The number of hydrogen-bond donors (Lipinski definition) is 2. The van der Waals surface area contributed by atoms with Crippen molar-refractivity contribution in [2.24, 2.45) is 0 Å². The molecule has 0 aliphatic rings. The highest BCUT2D eigenvalue weighted by Crippen LogP contribution is 2.31. The van der Waals surface area contributed by atoms with Crippen molar-refractivity contribution in [3.63, 3.8) is 0 Å². The number of hydrogen-bond acceptors (Lipinski definition) is 3. The van der Waals surface area contributed by atoms with Crippen LogP contribution in [0.1, 0.15) is 16.1 Å². The lowest BCUT2D eigenvalue weighted by atomic mass is 10.1. The van der Waals surface area contributed by atoms with Gasteiger partial charge in [0.15, 0.2) is 0 Å². The molecular formula is C23H16F2N2O3. The van der Waals surface area contributed by atoms with Crippen molar-refractivity contribution in [1.29, 1.82) is 0 Å². The summed E-state index contributed by atoms with van der Waals surface area (Å²) in [6.45, 7) is 0. The second-order valence-corrected chi connectivity index (χ2v) is 6.62. The zero-order valence-corrected chi connectivity index (χ0v) is 15.6. The summed E-state index contributed by atoms with van der Waals surface area (Å²) in [6, 6.07) is 17.9. The summed E-state index contributed by atoms with van der Waals surface area (Å²) in [7, 11) is 0. The molecule has 150 valence electrons. The lowest BCUT2D eigenvalue weighted by Gasteiger charge is -2.08. The first kappa shape index (κ1) is 19.3. The Labute approximate surface area is 170 Å². The van der Waals surface area contributed by atoms with Gasteiger partial charge < -0.3 is 15.1 Å². The normalized spacial score (nSPS) is 10.7. The molecule has 0 atom stereocenters. The van der Waals surface area contributed by atoms with E-state index in [2.05, 4.69) is 10.6 Å². The first-order valence-corrected chi connectivity index (χ1v) is 9.12. The molecular weight excluding hydrogens is 390 g/mol. The Morgan fingerprint density at radius 1 is 0.833 bits per heavy atom. The van der Waals surface area contributed by atoms with Crippen LogP contribution in [0.25, 0.3) is 11.0 Å². The second kappa shape index (κ2) is 8.16. The van der Waals surface area contributed by atoms with Crippen LogP contribution in [0, 0.1) is 11.6 Å². The third kappa shape index (κ3) is 4.20. The summed E-state index contributed by atoms with van der Waals surface area (Å²) in [6.07, 6.45) is -0.00918. The number of benzene rings is 3. The number of rotatable bonds is 5. The lowest BCUT2D eigenvalue weighted by Crippen LogP contribution is -2.18. The Morgan fingerprint density at radius 3 is 2.37 bits per heavy atom. The van der Waals surface area contributed by atoms with Crippen molar-refractivity contribution in [3.8, 4) is 0 Å². The molecule has 1 aromatic heterocycles. The molecule has 0 aliphatic heterocycles. The van der Waals surface area contributed by atoms with Crippen molar-refractivity contribution in [2.75, 3.05) is 10.6 Å². The Hall–Kier alpha value is -4.00. The van der Waals surface area contributed by atoms with Crippen LogP contribution in [0.3, 0.4) is 0 Å². The second-order valence-electron chi connectivity index (χ2n) is 6.62. The Kier molecular flexibility index (Phi) is 5.26. The van der Waals surface area contributed by atoms with Crippen LogP contribution in [0.15, 0.2) is 77.2 Å². The fourth-order valence-electron chi connectivity index (χ4n) is 3.05. The third-order valence-corrected chi connectivity index (χ3v) is 4.43. The zero-order valence-electron chi connectivity index (χ0n) is 15.6.